The van der Waals surface area contributed by atoms with E-state index in [0.29, 0.717) is 10.5 Å². The first-order valence-electron chi connectivity index (χ1n) is 2.10. The fourth-order valence-electron chi connectivity index (χ4n) is 0.217. The van der Waals surface area contributed by atoms with Crippen molar-refractivity contribution in [2.75, 3.05) is 0 Å². The lowest BCUT2D eigenvalue weighted by Gasteiger charge is -2.00. The van der Waals surface area contributed by atoms with Gasteiger partial charge in [-0.3, -0.25) is 4.79 Å². The van der Waals surface area contributed by atoms with Gasteiger partial charge in [-0.15, -0.1) is 0 Å². The van der Waals surface area contributed by atoms with Gasteiger partial charge in [0.15, 0.2) is 6.10 Å². The highest BCUT2D eigenvalue weighted by Gasteiger charge is 2.07. The second kappa shape index (κ2) is 3.40. The number of carbonyl (C=O) groups excluding carboxylic acids is 1. The maximum absolute atomic E-state index is 10.2. The Hall–Kier alpha value is -0.613. The lowest BCUT2D eigenvalue weighted by atomic mass is 10.4. The molecule has 0 radical (unpaired) electrons. The molecule has 8 heavy (non-hydrogen) atoms. The molecule has 0 saturated heterocycles. The Balaban J connectivity index is 3.62. The fraction of sp³-hybridized carbons (Fsp3) is 0.250. The van der Waals surface area contributed by atoms with Crippen LogP contribution in [0.15, 0.2) is 12.7 Å². The van der Waals surface area contributed by atoms with Crippen LogP contribution in [0.2, 0.25) is 0 Å². The molecule has 1 N–H and O–H groups in total. The van der Waals surface area contributed by atoms with Crippen molar-refractivity contribution in [3.63, 3.8) is 0 Å². The molecule has 0 heterocycles. The SMILES string of the molecule is C=CC(O)C(=O)O[SiH3]. The average Bonchev–Trinajstić information content (AvgIpc) is 1.84. The Morgan fingerprint density at radius 2 is 2.50 bits per heavy atom. The molecule has 0 aromatic carbocycles. The van der Waals surface area contributed by atoms with E-state index in [9.17, 15) is 4.79 Å². The minimum absolute atomic E-state index is 0.318. The number of hydrogen-bond acceptors (Lipinski definition) is 3. The molecule has 0 rings (SSSR count). The van der Waals surface area contributed by atoms with Gasteiger partial charge in [0.1, 0.15) is 0 Å². The highest BCUT2D eigenvalue weighted by atomic mass is 28.2. The third-order valence-electron chi connectivity index (χ3n) is 0.666. The first-order chi connectivity index (χ1) is 3.72. The fourth-order valence-corrected chi connectivity index (χ4v) is 0.458. The highest BCUT2D eigenvalue weighted by molar-refractivity contribution is 6.06. The molecule has 1 unspecified atom stereocenters. The van der Waals surface area contributed by atoms with Crippen molar-refractivity contribution in [3.05, 3.63) is 12.7 Å². The third kappa shape index (κ3) is 1.90. The molecule has 0 aliphatic rings. The summed E-state index contributed by atoms with van der Waals surface area (Å²) < 4.78 is 4.28. The van der Waals surface area contributed by atoms with Crippen molar-refractivity contribution in [1.29, 1.82) is 0 Å². The van der Waals surface area contributed by atoms with Gasteiger partial charge < -0.3 is 9.53 Å². The number of aliphatic hydroxyl groups is 1. The van der Waals surface area contributed by atoms with Gasteiger partial charge >= 0.3 is 5.97 Å². The molecular weight excluding hydrogens is 124 g/mol. The van der Waals surface area contributed by atoms with Gasteiger partial charge in [0.25, 0.3) is 0 Å². The largest absolute Gasteiger partial charge is 0.527 e. The second-order valence-electron chi connectivity index (χ2n) is 1.20. The van der Waals surface area contributed by atoms with Gasteiger partial charge in [0, 0.05) is 0 Å². The van der Waals surface area contributed by atoms with Crippen LogP contribution in [0.1, 0.15) is 0 Å². The topological polar surface area (TPSA) is 46.5 Å². The number of aliphatic hydroxyl groups excluding tert-OH is 1. The number of rotatable bonds is 2. The van der Waals surface area contributed by atoms with E-state index < -0.39 is 12.1 Å². The Bertz CT molecular complexity index is 101. The van der Waals surface area contributed by atoms with Gasteiger partial charge in [-0.05, 0) is 0 Å². The van der Waals surface area contributed by atoms with Gasteiger partial charge in [-0.2, -0.15) is 0 Å². The van der Waals surface area contributed by atoms with Crippen LogP contribution in [0, 0.1) is 0 Å². The Labute approximate surface area is 50.5 Å². The monoisotopic (exact) mass is 132 g/mol. The molecule has 0 amide bonds. The first-order valence-corrected chi connectivity index (χ1v) is 2.92. The van der Waals surface area contributed by atoms with Crippen LogP contribution < -0.4 is 0 Å². The summed E-state index contributed by atoms with van der Waals surface area (Å²) in [7, 11) is 0.318. The molecule has 0 bridgehead atoms. The van der Waals surface area contributed by atoms with Gasteiger partial charge in [-0.1, -0.05) is 12.7 Å². The van der Waals surface area contributed by atoms with Crippen LogP contribution in [0.25, 0.3) is 0 Å². The number of hydrogen-bond donors (Lipinski definition) is 1. The predicted octanol–water partition coefficient (Wildman–Crippen LogP) is -1.64. The lowest BCUT2D eigenvalue weighted by Crippen LogP contribution is -2.18. The molecule has 0 aromatic rings. The minimum Gasteiger partial charge on any atom is -0.527 e. The Morgan fingerprint density at radius 3 is 2.62 bits per heavy atom. The van der Waals surface area contributed by atoms with E-state index >= 15 is 0 Å². The number of carbonyl (C=O) groups is 1. The normalized spacial score (nSPS) is 12.6. The molecule has 4 heteroatoms. The van der Waals surface area contributed by atoms with E-state index in [1.165, 1.54) is 0 Å². The van der Waals surface area contributed by atoms with Gasteiger partial charge in [0.2, 0.25) is 10.5 Å². The highest BCUT2D eigenvalue weighted by Crippen LogP contribution is 1.84. The molecule has 46 valence electrons. The van der Waals surface area contributed by atoms with Crippen LogP contribution in [0.4, 0.5) is 0 Å². The summed E-state index contributed by atoms with van der Waals surface area (Å²) in [6, 6.07) is 0. The van der Waals surface area contributed by atoms with E-state index in [1.807, 2.05) is 0 Å². The van der Waals surface area contributed by atoms with Crippen molar-refractivity contribution in [1.82, 2.24) is 0 Å². The quantitative estimate of drug-likeness (QED) is 0.362. The van der Waals surface area contributed by atoms with Crippen molar-refractivity contribution in [2.24, 2.45) is 0 Å². The molecule has 0 saturated carbocycles. The Kier molecular flexibility index (Phi) is 3.14. The van der Waals surface area contributed by atoms with Crippen LogP contribution in [0.5, 0.6) is 0 Å². The predicted molar refractivity (Wildman–Crippen MR) is 32.2 cm³/mol. The van der Waals surface area contributed by atoms with Crippen molar-refractivity contribution in [2.45, 2.75) is 6.10 Å². The summed E-state index contributed by atoms with van der Waals surface area (Å²) in [5, 5.41) is 8.56. The van der Waals surface area contributed by atoms with Crippen molar-refractivity contribution >= 4 is 16.5 Å². The summed E-state index contributed by atoms with van der Waals surface area (Å²) in [6.45, 7) is 3.19. The van der Waals surface area contributed by atoms with Crippen LogP contribution in [-0.4, -0.2) is 27.7 Å². The Morgan fingerprint density at radius 1 is 2.00 bits per heavy atom. The summed E-state index contributed by atoms with van der Waals surface area (Å²) >= 11 is 0. The average molecular weight is 132 g/mol. The zero-order valence-corrected chi connectivity index (χ0v) is 6.63. The van der Waals surface area contributed by atoms with E-state index in [2.05, 4.69) is 11.0 Å². The molecular formula is C4H8O3Si. The van der Waals surface area contributed by atoms with E-state index in [0.717, 1.165) is 6.08 Å². The summed E-state index contributed by atoms with van der Waals surface area (Å²) in [4.78, 5) is 10.2. The van der Waals surface area contributed by atoms with E-state index in [1.54, 1.807) is 0 Å². The summed E-state index contributed by atoms with van der Waals surface area (Å²) in [5.41, 5.74) is 0. The maximum atomic E-state index is 10.2. The first kappa shape index (κ1) is 7.39. The van der Waals surface area contributed by atoms with E-state index in [-0.39, 0.29) is 0 Å². The van der Waals surface area contributed by atoms with Crippen LogP contribution >= 0.6 is 0 Å². The van der Waals surface area contributed by atoms with Gasteiger partial charge in [-0.25, -0.2) is 0 Å². The molecule has 3 nitrogen and oxygen atoms in total. The van der Waals surface area contributed by atoms with Gasteiger partial charge in [0.05, 0.1) is 0 Å². The summed E-state index contributed by atoms with van der Waals surface area (Å²) in [5.74, 6) is -0.619. The smallest absolute Gasteiger partial charge is 0.325 e. The minimum atomic E-state index is -1.15. The van der Waals surface area contributed by atoms with Crippen LogP contribution in [-0.2, 0) is 9.22 Å². The summed E-state index contributed by atoms with van der Waals surface area (Å²) in [6.07, 6.45) is -0.0206. The zero-order chi connectivity index (χ0) is 6.57. The lowest BCUT2D eigenvalue weighted by molar-refractivity contribution is -0.140. The second-order valence-corrected chi connectivity index (χ2v) is 1.61. The van der Waals surface area contributed by atoms with Crippen molar-refractivity contribution in [3.8, 4) is 0 Å². The molecule has 0 aliphatic heterocycles. The third-order valence-corrected chi connectivity index (χ3v) is 1.07. The van der Waals surface area contributed by atoms with Crippen LogP contribution in [0.3, 0.4) is 0 Å². The molecule has 0 fully saturated rings. The zero-order valence-electron chi connectivity index (χ0n) is 4.63. The maximum Gasteiger partial charge on any atom is 0.325 e. The van der Waals surface area contributed by atoms with E-state index in [4.69, 9.17) is 5.11 Å². The molecule has 1 atom stereocenters. The standard InChI is InChI=1S/C4H8O3Si/c1-2-3(5)4(6)7-8/h2-3,5H,1H2,8H3. The molecule has 0 aliphatic carbocycles. The molecule has 0 aromatic heterocycles. The molecule has 0 spiro atoms. The van der Waals surface area contributed by atoms with Crippen molar-refractivity contribution < 1.29 is 14.3 Å².